The van der Waals surface area contributed by atoms with Crippen molar-refractivity contribution in [3.8, 4) is 0 Å². The average Bonchev–Trinajstić information content (AvgIpc) is 2.11. The number of hydrogen-bond donors (Lipinski definition) is 1. The zero-order valence-electron chi connectivity index (χ0n) is 4.73. The maximum atomic E-state index is 10.5. The number of ether oxygens (including phenoxy) is 1. The Bertz CT molecular complexity index is 155. The fourth-order valence-electron chi connectivity index (χ4n) is 0.565. The number of carbonyl (C=O) groups is 1. The van der Waals surface area contributed by atoms with E-state index in [0.717, 1.165) is 0 Å². The molecule has 10 heavy (non-hydrogen) atoms. The number of carbonyl (C=O) groups excluding carboxylic acids is 1. The molecule has 1 N–H and O–H groups in total. The monoisotopic (exact) mass is 203 g/mol. The van der Waals surface area contributed by atoms with Crippen LogP contribution in [0.1, 0.15) is 0 Å². The third-order valence-corrected chi connectivity index (χ3v) is 1.57. The molecule has 1 aliphatic heterocycles. The van der Waals surface area contributed by atoms with Crippen LogP contribution >= 0.6 is 34.8 Å². The SMILES string of the molecule is O=C1CO[C@@H](C(Cl)(Cl)Cl)N1. The summed E-state index contributed by atoms with van der Waals surface area (Å²) in [4.78, 5) is 10.5. The van der Waals surface area contributed by atoms with Crippen molar-refractivity contribution < 1.29 is 9.53 Å². The molecule has 58 valence electrons. The molecule has 0 bridgehead atoms. The van der Waals surface area contributed by atoms with E-state index in [0.29, 0.717) is 0 Å². The summed E-state index contributed by atoms with van der Waals surface area (Å²) in [5, 5.41) is 2.34. The van der Waals surface area contributed by atoms with Crippen molar-refractivity contribution in [1.29, 1.82) is 0 Å². The standard InChI is InChI=1S/C4H4Cl3NO2/c5-4(6,7)3-8-2(9)1-10-3/h3H,1H2,(H,8,9)/t3-/m0/s1. The highest BCUT2D eigenvalue weighted by Crippen LogP contribution is 2.32. The number of amides is 1. The molecule has 0 aromatic rings. The quantitative estimate of drug-likeness (QED) is 0.594. The summed E-state index contributed by atoms with van der Waals surface area (Å²) in [6.45, 7) is -0.0431. The van der Waals surface area contributed by atoms with Gasteiger partial charge in [0.2, 0.25) is 9.70 Å². The summed E-state index contributed by atoms with van der Waals surface area (Å²) in [5.74, 6) is -0.267. The predicted octanol–water partition coefficient (Wildman–Crippen LogP) is 0.829. The van der Waals surface area contributed by atoms with Gasteiger partial charge < -0.3 is 10.1 Å². The molecule has 1 saturated heterocycles. The molecule has 0 radical (unpaired) electrons. The smallest absolute Gasteiger partial charge is 0.248 e. The first kappa shape index (κ1) is 8.40. The largest absolute Gasteiger partial charge is 0.344 e. The molecule has 0 unspecified atom stereocenters. The van der Waals surface area contributed by atoms with Gasteiger partial charge in [-0.25, -0.2) is 0 Å². The summed E-state index contributed by atoms with van der Waals surface area (Å²) in [5.41, 5.74) is 0. The lowest BCUT2D eigenvalue weighted by molar-refractivity contribution is -0.119. The molecule has 1 fully saturated rings. The van der Waals surface area contributed by atoms with Crippen LogP contribution < -0.4 is 5.32 Å². The Hall–Kier alpha value is 0.300. The van der Waals surface area contributed by atoms with Gasteiger partial charge in [-0.05, 0) is 0 Å². The van der Waals surface area contributed by atoms with Crippen molar-refractivity contribution in [2.75, 3.05) is 6.61 Å². The van der Waals surface area contributed by atoms with Crippen LogP contribution in [0.25, 0.3) is 0 Å². The molecule has 1 atom stereocenters. The minimum absolute atomic E-state index is 0.0431. The first-order valence-electron chi connectivity index (χ1n) is 2.48. The molecule has 1 rings (SSSR count). The van der Waals surface area contributed by atoms with E-state index >= 15 is 0 Å². The van der Waals surface area contributed by atoms with E-state index in [2.05, 4.69) is 5.32 Å². The number of nitrogens with one attached hydrogen (secondary N) is 1. The molecule has 0 aromatic heterocycles. The van der Waals surface area contributed by atoms with Crippen molar-refractivity contribution in [2.24, 2.45) is 0 Å². The number of rotatable bonds is 0. The van der Waals surface area contributed by atoms with Gasteiger partial charge in [0, 0.05) is 0 Å². The number of alkyl halides is 3. The summed E-state index contributed by atoms with van der Waals surface area (Å²) in [7, 11) is 0. The van der Waals surface area contributed by atoms with E-state index in [1.165, 1.54) is 0 Å². The maximum absolute atomic E-state index is 10.5. The Balaban J connectivity index is 2.53. The molecule has 1 heterocycles. The second-order valence-electron chi connectivity index (χ2n) is 1.80. The van der Waals surface area contributed by atoms with E-state index < -0.39 is 10.0 Å². The van der Waals surface area contributed by atoms with Crippen LogP contribution in [0.4, 0.5) is 0 Å². The van der Waals surface area contributed by atoms with E-state index in [1.54, 1.807) is 0 Å². The molecule has 1 aliphatic rings. The van der Waals surface area contributed by atoms with Gasteiger partial charge in [0.1, 0.15) is 6.61 Å². The lowest BCUT2D eigenvalue weighted by Crippen LogP contribution is -2.37. The van der Waals surface area contributed by atoms with Gasteiger partial charge >= 0.3 is 0 Å². The van der Waals surface area contributed by atoms with E-state index in [9.17, 15) is 4.79 Å². The van der Waals surface area contributed by atoms with Crippen molar-refractivity contribution in [3.63, 3.8) is 0 Å². The van der Waals surface area contributed by atoms with Crippen molar-refractivity contribution in [1.82, 2.24) is 5.32 Å². The van der Waals surface area contributed by atoms with Crippen LogP contribution in [0.2, 0.25) is 0 Å². The Kier molecular flexibility index (Phi) is 2.30. The van der Waals surface area contributed by atoms with Crippen LogP contribution in [-0.2, 0) is 9.53 Å². The van der Waals surface area contributed by atoms with Crippen LogP contribution in [0.5, 0.6) is 0 Å². The van der Waals surface area contributed by atoms with E-state index in [-0.39, 0.29) is 12.5 Å². The molecule has 0 aliphatic carbocycles. The molecule has 0 spiro atoms. The molecule has 0 aromatic carbocycles. The Morgan fingerprint density at radius 3 is 2.40 bits per heavy atom. The average molecular weight is 204 g/mol. The summed E-state index contributed by atoms with van der Waals surface area (Å²) in [6, 6.07) is 0. The Morgan fingerprint density at radius 2 is 2.20 bits per heavy atom. The van der Waals surface area contributed by atoms with Crippen LogP contribution in [0.15, 0.2) is 0 Å². The minimum Gasteiger partial charge on any atom is -0.344 e. The highest BCUT2D eigenvalue weighted by atomic mass is 35.6. The van der Waals surface area contributed by atoms with Crippen molar-refractivity contribution in [3.05, 3.63) is 0 Å². The Morgan fingerprint density at radius 1 is 1.60 bits per heavy atom. The number of hydrogen-bond acceptors (Lipinski definition) is 2. The highest BCUT2D eigenvalue weighted by Gasteiger charge is 2.38. The molecule has 6 heteroatoms. The zero-order chi connectivity index (χ0) is 7.78. The number of halogens is 3. The minimum atomic E-state index is -1.58. The molecular weight excluding hydrogens is 200 g/mol. The third-order valence-electron chi connectivity index (χ3n) is 0.970. The topological polar surface area (TPSA) is 38.3 Å². The summed E-state index contributed by atoms with van der Waals surface area (Å²) >= 11 is 16.2. The highest BCUT2D eigenvalue weighted by molar-refractivity contribution is 6.68. The lowest BCUT2D eigenvalue weighted by atomic mass is 10.6. The first-order valence-corrected chi connectivity index (χ1v) is 3.61. The third kappa shape index (κ3) is 1.89. The second kappa shape index (κ2) is 2.74. The Labute approximate surface area is 72.6 Å². The van der Waals surface area contributed by atoms with Crippen molar-refractivity contribution >= 4 is 40.7 Å². The fraction of sp³-hybridized carbons (Fsp3) is 0.750. The fourth-order valence-corrected chi connectivity index (χ4v) is 0.918. The maximum Gasteiger partial charge on any atom is 0.248 e. The van der Waals surface area contributed by atoms with Gasteiger partial charge in [-0.3, -0.25) is 4.79 Å². The van der Waals surface area contributed by atoms with Gasteiger partial charge in [0.05, 0.1) is 0 Å². The van der Waals surface area contributed by atoms with Gasteiger partial charge in [0.25, 0.3) is 0 Å². The molecular formula is C4H4Cl3NO2. The van der Waals surface area contributed by atoms with Gasteiger partial charge in [-0.1, -0.05) is 34.8 Å². The van der Waals surface area contributed by atoms with Crippen LogP contribution in [-0.4, -0.2) is 22.5 Å². The molecule has 0 saturated carbocycles. The summed E-state index contributed by atoms with van der Waals surface area (Å²) in [6.07, 6.45) is -0.815. The molecule has 1 amide bonds. The van der Waals surface area contributed by atoms with Gasteiger partial charge in [0.15, 0.2) is 6.23 Å². The van der Waals surface area contributed by atoms with Crippen LogP contribution in [0, 0.1) is 0 Å². The zero-order valence-corrected chi connectivity index (χ0v) is 7.00. The van der Waals surface area contributed by atoms with Crippen molar-refractivity contribution in [2.45, 2.75) is 10.0 Å². The van der Waals surface area contributed by atoms with Gasteiger partial charge in [-0.2, -0.15) is 0 Å². The summed E-state index contributed by atoms with van der Waals surface area (Å²) < 4.78 is 3.20. The van der Waals surface area contributed by atoms with Crippen LogP contribution in [0.3, 0.4) is 0 Å². The van der Waals surface area contributed by atoms with Gasteiger partial charge in [-0.15, -0.1) is 0 Å². The normalized spacial score (nSPS) is 26.7. The predicted molar refractivity (Wildman–Crippen MR) is 38.2 cm³/mol. The first-order chi connectivity index (χ1) is 4.50. The van der Waals surface area contributed by atoms with E-state index in [1.807, 2.05) is 0 Å². The van der Waals surface area contributed by atoms with E-state index in [4.69, 9.17) is 39.5 Å². The second-order valence-corrected chi connectivity index (χ2v) is 4.17. The molecule has 3 nitrogen and oxygen atoms in total. The lowest BCUT2D eigenvalue weighted by Gasteiger charge is -2.17.